The van der Waals surface area contributed by atoms with Crippen LogP contribution < -0.4 is 11.5 Å². The number of nitrogens with two attached hydrogens (primary N) is 2. The van der Waals surface area contributed by atoms with Gasteiger partial charge in [-0.3, -0.25) is 0 Å². The molecular weight excluding hydrogens is 182 g/mol. The predicted molar refractivity (Wildman–Crippen MR) is 51.0 cm³/mol. The first-order chi connectivity index (χ1) is 4.61. The number of nitrogen functional groups attached to an aromatic ring is 2. The van der Waals surface area contributed by atoms with Crippen molar-refractivity contribution in [2.24, 2.45) is 0 Å². The van der Waals surface area contributed by atoms with Gasteiger partial charge in [-0.1, -0.05) is 23.2 Å². The Morgan fingerprint density at radius 1 is 0.909 bits per heavy atom. The summed E-state index contributed by atoms with van der Waals surface area (Å²) in [6.45, 7) is 0. The lowest BCUT2D eigenvalue weighted by Crippen LogP contribution is -1.93. The zero-order valence-electron chi connectivity index (χ0n) is 5.64. The first-order valence-electron chi connectivity index (χ1n) is 2.61. The van der Waals surface area contributed by atoms with E-state index in [4.69, 9.17) is 34.7 Å². The van der Waals surface area contributed by atoms with E-state index in [1.165, 1.54) is 12.1 Å². The standard InChI is InChI=1S/C6H6Cl2N2.B/c7-3-1-5(9)6(10)2-4(3)8;/h1-2H,9-10H2;. The smallest absolute Gasteiger partial charge is 0.0614 e. The number of rotatable bonds is 0. The van der Waals surface area contributed by atoms with Crippen LogP contribution in [-0.2, 0) is 0 Å². The van der Waals surface area contributed by atoms with Crippen molar-refractivity contribution in [3.63, 3.8) is 0 Å². The van der Waals surface area contributed by atoms with Crippen LogP contribution in [0.5, 0.6) is 0 Å². The van der Waals surface area contributed by atoms with Crippen LogP contribution in [0.2, 0.25) is 10.0 Å². The molecule has 1 aromatic rings. The molecule has 11 heavy (non-hydrogen) atoms. The Labute approximate surface area is 77.0 Å². The highest BCUT2D eigenvalue weighted by Gasteiger charge is 2.00. The van der Waals surface area contributed by atoms with Crippen molar-refractivity contribution in [1.82, 2.24) is 0 Å². The van der Waals surface area contributed by atoms with Gasteiger partial charge in [-0.05, 0) is 12.1 Å². The Bertz CT molecular complexity index is 215. The molecule has 0 unspecified atom stereocenters. The highest BCUT2D eigenvalue weighted by molar-refractivity contribution is 6.42. The lowest BCUT2D eigenvalue weighted by atomic mass is 10.3. The molecule has 2 nitrogen and oxygen atoms in total. The summed E-state index contributed by atoms with van der Waals surface area (Å²) >= 11 is 11.2. The Morgan fingerprint density at radius 3 is 1.45 bits per heavy atom. The van der Waals surface area contributed by atoms with Gasteiger partial charge in [0.25, 0.3) is 0 Å². The van der Waals surface area contributed by atoms with Crippen molar-refractivity contribution in [3.8, 4) is 0 Å². The highest BCUT2D eigenvalue weighted by Crippen LogP contribution is 2.28. The topological polar surface area (TPSA) is 52.0 Å². The second-order valence-electron chi connectivity index (χ2n) is 1.90. The summed E-state index contributed by atoms with van der Waals surface area (Å²) in [4.78, 5) is 0. The third kappa shape index (κ3) is 2.21. The largest absolute Gasteiger partial charge is 0.397 e. The van der Waals surface area contributed by atoms with E-state index in [0.717, 1.165) is 0 Å². The Hall–Kier alpha value is -0.535. The molecule has 0 saturated heterocycles. The Morgan fingerprint density at radius 2 is 1.18 bits per heavy atom. The quantitative estimate of drug-likeness (QED) is 0.481. The van der Waals surface area contributed by atoms with Crippen molar-refractivity contribution in [3.05, 3.63) is 22.2 Å². The van der Waals surface area contributed by atoms with Crippen LogP contribution in [-0.4, -0.2) is 8.41 Å². The van der Waals surface area contributed by atoms with E-state index in [2.05, 4.69) is 0 Å². The number of halogens is 2. The maximum atomic E-state index is 5.62. The molecule has 0 atom stereocenters. The zero-order chi connectivity index (χ0) is 7.72. The molecule has 0 aliphatic rings. The molecule has 0 saturated carbocycles. The van der Waals surface area contributed by atoms with Crippen LogP contribution in [0.4, 0.5) is 11.4 Å². The molecule has 1 aromatic carbocycles. The van der Waals surface area contributed by atoms with E-state index in [-0.39, 0.29) is 8.41 Å². The zero-order valence-corrected chi connectivity index (χ0v) is 7.15. The first kappa shape index (κ1) is 10.5. The first-order valence-corrected chi connectivity index (χ1v) is 3.37. The molecule has 1 rings (SSSR count). The van der Waals surface area contributed by atoms with Gasteiger partial charge < -0.3 is 11.5 Å². The second kappa shape index (κ2) is 3.74. The minimum Gasteiger partial charge on any atom is -0.397 e. The minimum atomic E-state index is 0. The van der Waals surface area contributed by atoms with Crippen molar-refractivity contribution < 1.29 is 0 Å². The van der Waals surface area contributed by atoms with Gasteiger partial charge in [-0.15, -0.1) is 0 Å². The normalized spacial score (nSPS) is 8.91. The van der Waals surface area contributed by atoms with E-state index in [0.29, 0.717) is 21.4 Å². The average molecular weight is 188 g/mol. The molecule has 57 valence electrons. The predicted octanol–water partition coefficient (Wildman–Crippen LogP) is 1.78. The maximum absolute atomic E-state index is 5.62. The molecule has 0 fully saturated rings. The van der Waals surface area contributed by atoms with E-state index in [1.807, 2.05) is 0 Å². The lowest BCUT2D eigenvalue weighted by molar-refractivity contribution is 1.66. The van der Waals surface area contributed by atoms with E-state index < -0.39 is 0 Å². The summed E-state index contributed by atoms with van der Waals surface area (Å²) in [6, 6.07) is 3.05. The summed E-state index contributed by atoms with van der Waals surface area (Å²) in [7, 11) is 0. The molecule has 0 heterocycles. The Kier molecular flexibility index (Phi) is 3.56. The van der Waals surface area contributed by atoms with E-state index >= 15 is 0 Å². The molecule has 0 aliphatic carbocycles. The summed E-state index contributed by atoms with van der Waals surface area (Å²) in [5, 5.41) is 0.849. The molecule has 0 amide bonds. The molecule has 4 N–H and O–H groups in total. The van der Waals surface area contributed by atoms with Gasteiger partial charge in [0.1, 0.15) is 0 Å². The van der Waals surface area contributed by atoms with Gasteiger partial charge in [0.2, 0.25) is 0 Å². The van der Waals surface area contributed by atoms with Gasteiger partial charge >= 0.3 is 0 Å². The van der Waals surface area contributed by atoms with Crippen LogP contribution in [0, 0.1) is 0 Å². The average Bonchev–Trinajstić information content (AvgIpc) is 1.84. The number of hydrogen-bond donors (Lipinski definition) is 2. The minimum absolute atomic E-state index is 0. The lowest BCUT2D eigenvalue weighted by Gasteiger charge is -2.00. The summed E-state index contributed by atoms with van der Waals surface area (Å²) in [6.07, 6.45) is 0. The van der Waals surface area contributed by atoms with Gasteiger partial charge in [0.15, 0.2) is 0 Å². The fourth-order valence-electron chi connectivity index (χ4n) is 0.578. The van der Waals surface area contributed by atoms with Crippen molar-refractivity contribution in [2.75, 3.05) is 11.5 Å². The third-order valence-electron chi connectivity index (χ3n) is 1.13. The monoisotopic (exact) mass is 187 g/mol. The van der Waals surface area contributed by atoms with Gasteiger partial charge in [0, 0.05) is 8.41 Å². The summed E-state index contributed by atoms with van der Waals surface area (Å²) < 4.78 is 0. The second-order valence-corrected chi connectivity index (χ2v) is 2.71. The van der Waals surface area contributed by atoms with Crippen LogP contribution in [0.3, 0.4) is 0 Å². The highest BCUT2D eigenvalue weighted by atomic mass is 35.5. The van der Waals surface area contributed by atoms with Crippen LogP contribution >= 0.6 is 23.2 Å². The molecule has 0 aliphatic heterocycles. The van der Waals surface area contributed by atoms with E-state index in [9.17, 15) is 0 Å². The van der Waals surface area contributed by atoms with Crippen LogP contribution in [0.15, 0.2) is 12.1 Å². The van der Waals surface area contributed by atoms with Crippen LogP contribution in [0.25, 0.3) is 0 Å². The third-order valence-corrected chi connectivity index (χ3v) is 1.85. The van der Waals surface area contributed by atoms with Gasteiger partial charge in [-0.25, -0.2) is 0 Å². The molecule has 0 spiro atoms. The van der Waals surface area contributed by atoms with Gasteiger partial charge in [0.05, 0.1) is 21.4 Å². The molecule has 5 heteroatoms. The molecule has 0 aromatic heterocycles. The van der Waals surface area contributed by atoms with Crippen LogP contribution in [0.1, 0.15) is 0 Å². The fourth-order valence-corrected chi connectivity index (χ4v) is 0.922. The fraction of sp³-hybridized carbons (Fsp3) is 0. The van der Waals surface area contributed by atoms with Crippen molar-refractivity contribution in [2.45, 2.75) is 0 Å². The number of benzene rings is 1. The summed E-state index contributed by atoms with van der Waals surface area (Å²) in [5.41, 5.74) is 11.7. The Balaban J connectivity index is 0.000001000. The van der Waals surface area contributed by atoms with Crippen molar-refractivity contribution >= 4 is 43.0 Å². The number of anilines is 2. The van der Waals surface area contributed by atoms with E-state index in [1.54, 1.807) is 0 Å². The molecule has 3 radical (unpaired) electrons. The summed E-state index contributed by atoms with van der Waals surface area (Å²) in [5.74, 6) is 0. The van der Waals surface area contributed by atoms with Crippen molar-refractivity contribution in [1.29, 1.82) is 0 Å². The molecular formula is C6H6BCl2N2. The molecule has 0 bridgehead atoms. The number of hydrogen-bond acceptors (Lipinski definition) is 2. The SMILES string of the molecule is Nc1cc(Cl)c(Cl)cc1N.[B]. The maximum Gasteiger partial charge on any atom is 0.0614 e. The van der Waals surface area contributed by atoms with Gasteiger partial charge in [-0.2, -0.15) is 0 Å².